The van der Waals surface area contributed by atoms with E-state index in [0.717, 1.165) is 4.88 Å². The van der Waals surface area contributed by atoms with Gasteiger partial charge in [0.1, 0.15) is 6.61 Å². The minimum absolute atomic E-state index is 0.0655. The molecule has 78 valence electrons. The third-order valence-corrected chi connectivity index (χ3v) is 2.22. The van der Waals surface area contributed by atoms with Gasteiger partial charge in [-0.1, -0.05) is 0 Å². The van der Waals surface area contributed by atoms with Crippen molar-refractivity contribution >= 4 is 17.2 Å². The fourth-order valence-corrected chi connectivity index (χ4v) is 1.35. The first-order valence-corrected chi connectivity index (χ1v) is 5.12. The molecule has 6 heteroatoms. The molecule has 0 aliphatic heterocycles. The van der Waals surface area contributed by atoms with Crippen LogP contribution in [-0.4, -0.2) is 30.6 Å². The number of carbonyl (C=O) groups is 1. The lowest BCUT2D eigenvalue weighted by molar-refractivity contribution is -0.125. The van der Waals surface area contributed by atoms with Gasteiger partial charge in [0.05, 0.1) is 18.7 Å². The molecule has 0 fully saturated rings. The predicted octanol–water partition coefficient (Wildman–Crippen LogP) is -0.265. The second-order valence-electron chi connectivity index (χ2n) is 2.59. The molecule has 5 nitrogen and oxygen atoms in total. The van der Waals surface area contributed by atoms with Crippen molar-refractivity contribution in [2.45, 2.75) is 6.54 Å². The zero-order chi connectivity index (χ0) is 10.2. The van der Waals surface area contributed by atoms with Gasteiger partial charge in [-0.05, 0) is 0 Å². The van der Waals surface area contributed by atoms with Crippen LogP contribution in [0.15, 0.2) is 11.7 Å². The molecule has 0 bridgehead atoms. The van der Waals surface area contributed by atoms with E-state index in [9.17, 15) is 4.79 Å². The number of nitrogens with zero attached hydrogens (tertiary/aromatic N) is 1. The van der Waals surface area contributed by atoms with Crippen molar-refractivity contribution in [1.29, 1.82) is 0 Å². The number of ether oxygens (including phenoxy) is 1. The van der Waals surface area contributed by atoms with Crippen LogP contribution >= 0.6 is 11.3 Å². The summed E-state index contributed by atoms with van der Waals surface area (Å²) >= 11 is 1.51. The smallest absolute Gasteiger partial charge is 0.246 e. The maximum Gasteiger partial charge on any atom is 0.246 e. The molecule has 0 saturated carbocycles. The average molecular weight is 215 g/mol. The number of nitrogens with one attached hydrogen (secondary N) is 1. The summed E-state index contributed by atoms with van der Waals surface area (Å²) in [6.07, 6.45) is 1.73. The monoisotopic (exact) mass is 215 g/mol. The van der Waals surface area contributed by atoms with Gasteiger partial charge in [-0.25, -0.2) is 0 Å². The van der Waals surface area contributed by atoms with Gasteiger partial charge in [0.15, 0.2) is 0 Å². The number of hydrogen-bond donors (Lipinski definition) is 2. The zero-order valence-corrected chi connectivity index (χ0v) is 8.55. The molecule has 14 heavy (non-hydrogen) atoms. The van der Waals surface area contributed by atoms with Crippen molar-refractivity contribution in [3.05, 3.63) is 16.6 Å². The molecule has 1 aromatic rings. The largest absolute Gasteiger partial charge is 0.370 e. The molecule has 3 N–H and O–H groups in total. The molecule has 0 aliphatic rings. The molecule has 0 unspecified atom stereocenters. The van der Waals surface area contributed by atoms with Gasteiger partial charge in [0.25, 0.3) is 0 Å². The van der Waals surface area contributed by atoms with Crippen LogP contribution in [0.5, 0.6) is 0 Å². The lowest BCUT2D eigenvalue weighted by Crippen LogP contribution is -2.27. The molecule has 0 spiro atoms. The maximum atomic E-state index is 11.1. The Morgan fingerprint density at radius 1 is 1.71 bits per heavy atom. The van der Waals surface area contributed by atoms with E-state index in [2.05, 4.69) is 10.3 Å². The van der Waals surface area contributed by atoms with Crippen molar-refractivity contribution < 1.29 is 9.53 Å². The Morgan fingerprint density at radius 2 is 2.57 bits per heavy atom. The number of rotatable bonds is 6. The Bertz CT molecular complexity index is 264. The number of hydrogen-bond acceptors (Lipinski definition) is 5. The Morgan fingerprint density at radius 3 is 3.21 bits per heavy atom. The van der Waals surface area contributed by atoms with Crippen molar-refractivity contribution in [3.8, 4) is 0 Å². The number of aromatic nitrogens is 1. The van der Waals surface area contributed by atoms with Crippen LogP contribution in [0.25, 0.3) is 0 Å². The molecular weight excluding hydrogens is 202 g/mol. The molecule has 1 rings (SSSR count). The number of amides is 1. The molecular formula is C8H13N3O2S. The highest BCUT2D eigenvalue weighted by Crippen LogP contribution is 2.03. The fourth-order valence-electron chi connectivity index (χ4n) is 0.814. The fraction of sp³-hybridized carbons (Fsp3) is 0.500. The third-order valence-electron chi connectivity index (χ3n) is 1.44. The van der Waals surface area contributed by atoms with Gasteiger partial charge in [-0.15, -0.1) is 11.3 Å². The zero-order valence-electron chi connectivity index (χ0n) is 7.73. The van der Waals surface area contributed by atoms with E-state index in [4.69, 9.17) is 10.5 Å². The van der Waals surface area contributed by atoms with Crippen molar-refractivity contribution in [1.82, 2.24) is 10.3 Å². The third kappa shape index (κ3) is 4.31. The van der Waals surface area contributed by atoms with Crippen LogP contribution in [0.2, 0.25) is 0 Å². The van der Waals surface area contributed by atoms with E-state index in [1.165, 1.54) is 11.3 Å². The molecule has 0 aliphatic carbocycles. The van der Waals surface area contributed by atoms with Crippen LogP contribution in [-0.2, 0) is 16.1 Å². The second-order valence-corrected chi connectivity index (χ2v) is 3.56. The van der Waals surface area contributed by atoms with Crippen LogP contribution < -0.4 is 11.1 Å². The lowest BCUT2D eigenvalue weighted by Gasteiger charge is -2.03. The number of carbonyl (C=O) groups excluding carboxylic acids is 1. The summed E-state index contributed by atoms with van der Waals surface area (Å²) in [5.41, 5.74) is 6.93. The Hall–Kier alpha value is -0.980. The number of nitrogens with two attached hydrogens (primary N) is 1. The molecule has 1 amide bonds. The quantitative estimate of drug-likeness (QED) is 0.641. The molecule has 0 saturated heterocycles. The Kier molecular flexibility index (Phi) is 5.13. The summed E-state index contributed by atoms with van der Waals surface area (Å²) < 4.78 is 4.97. The summed E-state index contributed by atoms with van der Waals surface area (Å²) in [4.78, 5) is 16.0. The van der Waals surface area contributed by atoms with Gasteiger partial charge >= 0.3 is 0 Å². The van der Waals surface area contributed by atoms with E-state index in [1.54, 1.807) is 11.7 Å². The molecule has 0 aromatic carbocycles. The first-order valence-electron chi connectivity index (χ1n) is 4.25. The molecule has 1 heterocycles. The molecule has 0 atom stereocenters. The summed E-state index contributed by atoms with van der Waals surface area (Å²) in [7, 11) is 0. The SMILES string of the molecule is NCCOCC(=O)NCc1cncs1. The Balaban J connectivity index is 2.09. The first kappa shape index (κ1) is 11.1. The lowest BCUT2D eigenvalue weighted by atomic mass is 10.5. The van der Waals surface area contributed by atoms with Gasteiger partial charge in [-0.2, -0.15) is 0 Å². The van der Waals surface area contributed by atoms with Gasteiger partial charge in [0.2, 0.25) is 5.91 Å². The van der Waals surface area contributed by atoms with Crippen LogP contribution in [0.3, 0.4) is 0 Å². The van der Waals surface area contributed by atoms with Crippen molar-refractivity contribution in [3.63, 3.8) is 0 Å². The predicted molar refractivity (Wildman–Crippen MR) is 53.8 cm³/mol. The first-order chi connectivity index (χ1) is 6.83. The van der Waals surface area contributed by atoms with Gasteiger partial charge in [0, 0.05) is 17.6 Å². The van der Waals surface area contributed by atoms with E-state index >= 15 is 0 Å². The normalized spacial score (nSPS) is 10.1. The topological polar surface area (TPSA) is 77.2 Å². The standard InChI is InChI=1S/C8H13N3O2S/c9-1-2-13-5-8(12)11-4-7-3-10-6-14-7/h3,6H,1-2,4-5,9H2,(H,11,12). The highest BCUT2D eigenvalue weighted by molar-refractivity contribution is 7.09. The number of thiazole rings is 1. The van der Waals surface area contributed by atoms with E-state index in [0.29, 0.717) is 19.7 Å². The van der Waals surface area contributed by atoms with Gasteiger partial charge < -0.3 is 15.8 Å². The van der Waals surface area contributed by atoms with Crippen molar-refractivity contribution in [2.24, 2.45) is 5.73 Å². The Labute approximate surface area is 86.3 Å². The molecule has 0 radical (unpaired) electrons. The van der Waals surface area contributed by atoms with Crippen LogP contribution in [0, 0.1) is 0 Å². The summed E-state index contributed by atoms with van der Waals surface area (Å²) in [5.74, 6) is -0.133. The van der Waals surface area contributed by atoms with Crippen LogP contribution in [0.4, 0.5) is 0 Å². The maximum absolute atomic E-state index is 11.1. The molecule has 1 aromatic heterocycles. The van der Waals surface area contributed by atoms with Crippen LogP contribution in [0.1, 0.15) is 4.88 Å². The average Bonchev–Trinajstić information content (AvgIpc) is 2.68. The highest BCUT2D eigenvalue weighted by atomic mass is 32.1. The summed E-state index contributed by atoms with van der Waals surface area (Å²) in [5, 5.41) is 2.71. The van der Waals surface area contributed by atoms with Crippen molar-refractivity contribution in [2.75, 3.05) is 19.8 Å². The summed E-state index contributed by atoms with van der Waals surface area (Å²) in [6, 6.07) is 0. The minimum Gasteiger partial charge on any atom is -0.370 e. The second kappa shape index (κ2) is 6.47. The van der Waals surface area contributed by atoms with Gasteiger partial charge in [-0.3, -0.25) is 9.78 Å². The minimum atomic E-state index is -0.133. The van der Waals surface area contributed by atoms with E-state index in [1.807, 2.05) is 0 Å². The van der Waals surface area contributed by atoms with E-state index < -0.39 is 0 Å². The highest BCUT2D eigenvalue weighted by Gasteiger charge is 2.01. The van der Waals surface area contributed by atoms with E-state index in [-0.39, 0.29) is 12.5 Å². The summed E-state index contributed by atoms with van der Waals surface area (Å²) in [6.45, 7) is 1.42.